The van der Waals surface area contributed by atoms with Crippen molar-refractivity contribution < 1.29 is 9.90 Å². The second-order valence-corrected chi connectivity index (χ2v) is 5.67. The molecule has 5 heteroatoms. The Kier molecular flexibility index (Phi) is 4.88. The van der Waals surface area contributed by atoms with Gasteiger partial charge in [-0.25, -0.2) is 4.98 Å². The highest BCUT2D eigenvalue weighted by Crippen LogP contribution is 2.18. The van der Waals surface area contributed by atoms with Crippen molar-refractivity contribution in [3.05, 3.63) is 60.3 Å². The zero-order valence-electron chi connectivity index (χ0n) is 13.0. The Morgan fingerprint density at radius 3 is 2.52 bits per heavy atom. The van der Waals surface area contributed by atoms with E-state index in [0.29, 0.717) is 18.7 Å². The Balaban J connectivity index is 1.65. The van der Waals surface area contributed by atoms with Crippen LogP contribution in [-0.4, -0.2) is 47.1 Å². The largest absolute Gasteiger partial charge is 0.378 e. The van der Waals surface area contributed by atoms with Crippen LogP contribution in [0.2, 0.25) is 0 Å². The molecule has 1 unspecified atom stereocenters. The van der Waals surface area contributed by atoms with Crippen molar-refractivity contribution >= 4 is 11.7 Å². The van der Waals surface area contributed by atoms with E-state index in [1.165, 1.54) is 0 Å². The van der Waals surface area contributed by atoms with Crippen molar-refractivity contribution in [2.24, 2.45) is 0 Å². The first-order valence-corrected chi connectivity index (χ1v) is 7.93. The number of anilines is 1. The van der Waals surface area contributed by atoms with Gasteiger partial charge in [0.1, 0.15) is 5.82 Å². The van der Waals surface area contributed by atoms with Crippen LogP contribution in [0.4, 0.5) is 5.82 Å². The molecule has 0 bridgehead atoms. The highest BCUT2D eigenvalue weighted by Gasteiger charge is 2.25. The van der Waals surface area contributed by atoms with Gasteiger partial charge in [0.25, 0.3) is 5.91 Å². The van der Waals surface area contributed by atoms with Crippen LogP contribution in [0.3, 0.4) is 0 Å². The molecule has 3 rings (SSSR count). The number of nitrogens with zero attached hydrogens (tertiary/aromatic N) is 3. The summed E-state index contributed by atoms with van der Waals surface area (Å²) in [6, 6.07) is 14.9. The molecule has 2 heterocycles. The molecule has 0 aliphatic carbocycles. The van der Waals surface area contributed by atoms with Gasteiger partial charge in [-0.3, -0.25) is 4.79 Å². The average molecular weight is 311 g/mol. The maximum atomic E-state index is 12.5. The summed E-state index contributed by atoms with van der Waals surface area (Å²) >= 11 is 0. The third-order valence-electron chi connectivity index (χ3n) is 4.13. The molecule has 0 saturated carbocycles. The molecule has 0 spiro atoms. The lowest BCUT2D eigenvalue weighted by Crippen LogP contribution is -2.38. The fraction of sp³-hybridized carbons (Fsp3) is 0.333. The molecule has 1 atom stereocenters. The van der Waals surface area contributed by atoms with Crippen LogP contribution in [0.1, 0.15) is 18.1 Å². The first-order chi connectivity index (χ1) is 11.3. The summed E-state index contributed by atoms with van der Waals surface area (Å²) in [4.78, 5) is 20.8. The molecular weight excluding hydrogens is 290 g/mol. The number of benzene rings is 1. The van der Waals surface area contributed by atoms with Gasteiger partial charge < -0.3 is 14.9 Å². The van der Waals surface area contributed by atoms with Crippen LogP contribution >= 0.6 is 0 Å². The quantitative estimate of drug-likeness (QED) is 0.940. The van der Waals surface area contributed by atoms with Gasteiger partial charge in [0.15, 0.2) is 6.10 Å². The Labute approximate surface area is 136 Å². The minimum absolute atomic E-state index is 0.223. The average Bonchev–Trinajstić information content (AvgIpc) is 2.88. The number of hydrogen-bond acceptors (Lipinski definition) is 4. The van der Waals surface area contributed by atoms with Crippen LogP contribution in [0.5, 0.6) is 0 Å². The number of aliphatic hydroxyl groups excluding tert-OH is 1. The predicted molar refractivity (Wildman–Crippen MR) is 89.0 cm³/mol. The molecule has 1 N–H and O–H groups in total. The minimum atomic E-state index is -1.09. The van der Waals surface area contributed by atoms with Crippen molar-refractivity contribution in [3.8, 4) is 0 Å². The fourth-order valence-corrected chi connectivity index (χ4v) is 2.86. The lowest BCUT2D eigenvalue weighted by Gasteiger charge is -2.24. The van der Waals surface area contributed by atoms with Crippen molar-refractivity contribution in [1.29, 1.82) is 0 Å². The number of pyridine rings is 1. The predicted octanol–water partition coefficient (Wildman–Crippen LogP) is 1.85. The first-order valence-electron chi connectivity index (χ1n) is 7.93. The van der Waals surface area contributed by atoms with Crippen molar-refractivity contribution in [2.75, 3.05) is 31.1 Å². The van der Waals surface area contributed by atoms with Crippen molar-refractivity contribution in [2.45, 2.75) is 12.5 Å². The van der Waals surface area contributed by atoms with Crippen molar-refractivity contribution in [1.82, 2.24) is 9.88 Å². The van der Waals surface area contributed by atoms with Gasteiger partial charge in [0, 0.05) is 32.4 Å². The molecule has 1 aliphatic rings. The van der Waals surface area contributed by atoms with E-state index in [0.717, 1.165) is 25.3 Å². The van der Waals surface area contributed by atoms with Crippen LogP contribution in [0.15, 0.2) is 54.7 Å². The van der Waals surface area contributed by atoms with E-state index in [9.17, 15) is 9.90 Å². The SMILES string of the molecule is O=C(C(O)c1ccccc1)N1CCCN(c2ccccn2)CC1. The monoisotopic (exact) mass is 311 g/mol. The zero-order chi connectivity index (χ0) is 16.1. The van der Waals surface area contributed by atoms with E-state index < -0.39 is 6.10 Å². The van der Waals surface area contributed by atoms with Crippen molar-refractivity contribution in [3.63, 3.8) is 0 Å². The normalized spacial score (nSPS) is 16.7. The number of hydrogen-bond donors (Lipinski definition) is 1. The van der Waals surface area contributed by atoms with E-state index in [1.54, 1.807) is 23.2 Å². The molecule has 1 aliphatic heterocycles. The van der Waals surface area contributed by atoms with Crippen LogP contribution < -0.4 is 4.90 Å². The van der Waals surface area contributed by atoms with Gasteiger partial charge >= 0.3 is 0 Å². The summed E-state index contributed by atoms with van der Waals surface area (Å²) in [5, 5.41) is 10.3. The molecule has 1 saturated heterocycles. The highest BCUT2D eigenvalue weighted by molar-refractivity contribution is 5.82. The molecule has 1 amide bonds. The number of amides is 1. The lowest BCUT2D eigenvalue weighted by atomic mass is 10.1. The summed E-state index contributed by atoms with van der Waals surface area (Å²) in [6.45, 7) is 2.85. The topological polar surface area (TPSA) is 56.7 Å². The number of rotatable bonds is 3. The van der Waals surface area contributed by atoms with Gasteiger partial charge in [-0.2, -0.15) is 0 Å². The molecule has 1 aromatic carbocycles. The molecule has 120 valence electrons. The lowest BCUT2D eigenvalue weighted by molar-refractivity contribution is -0.140. The number of carbonyl (C=O) groups excluding carboxylic acids is 1. The Morgan fingerprint density at radius 1 is 1.00 bits per heavy atom. The maximum absolute atomic E-state index is 12.5. The van der Waals surface area contributed by atoms with E-state index in [-0.39, 0.29) is 5.91 Å². The smallest absolute Gasteiger partial charge is 0.256 e. The summed E-state index contributed by atoms with van der Waals surface area (Å²) in [6.07, 6.45) is 1.56. The van der Waals surface area contributed by atoms with Crippen LogP contribution in [0, 0.1) is 0 Å². The molecular formula is C18H21N3O2. The first kappa shape index (κ1) is 15.5. The molecule has 0 radical (unpaired) electrons. The van der Waals surface area contributed by atoms with Gasteiger partial charge in [-0.05, 0) is 24.1 Å². The van der Waals surface area contributed by atoms with E-state index in [2.05, 4.69) is 9.88 Å². The highest BCUT2D eigenvalue weighted by atomic mass is 16.3. The number of carbonyl (C=O) groups is 1. The number of aliphatic hydroxyl groups is 1. The summed E-state index contributed by atoms with van der Waals surface area (Å²) in [5.74, 6) is 0.712. The summed E-state index contributed by atoms with van der Waals surface area (Å²) in [5.41, 5.74) is 0.642. The maximum Gasteiger partial charge on any atom is 0.256 e. The molecule has 1 fully saturated rings. The summed E-state index contributed by atoms with van der Waals surface area (Å²) < 4.78 is 0. The zero-order valence-corrected chi connectivity index (χ0v) is 13.0. The standard InChI is InChI=1S/C18H21N3O2/c22-17(15-7-2-1-3-8-15)18(23)21-12-6-11-20(13-14-21)16-9-4-5-10-19-16/h1-5,7-10,17,22H,6,11-14H2. The fourth-order valence-electron chi connectivity index (χ4n) is 2.86. The van der Waals surface area contributed by atoms with Gasteiger partial charge in [0.05, 0.1) is 0 Å². The Bertz CT molecular complexity index is 633. The molecule has 2 aromatic rings. The second kappa shape index (κ2) is 7.24. The van der Waals surface area contributed by atoms with Gasteiger partial charge in [-0.1, -0.05) is 36.4 Å². The molecule has 1 aromatic heterocycles. The van der Waals surface area contributed by atoms with Gasteiger partial charge in [0.2, 0.25) is 0 Å². The van der Waals surface area contributed by atoms with E-state index in [4.69, 9.17) is 0 Å². The molecule has 5 nitrogen and oxygen atoms in total. The third-order valence-corrected chi connectivity index (χ3v) is 4.13. The minimum Gasteiger partial charge on any atom is -0.378 e. The summed E-state index contributed by atoms with van der Waals surface area (Å²) in [7, 11) is 0. The molecule has 23 heavy (non-hydrogen) atoms. The van der Waals surface area contributed by atoms with E-state index in [1.807, 2.05) is 36.4 Å². The Morgan fingerprint density at radius 2 is 1.78 bits per heavy atom. The van der Waals surface area contributed by atoms with E-state index >= 15 is 0 Å². The second-order valence-electron chi connectivity index (χ2n) is 5.67. The van der Waals surface area contributed by atoms with Gasteiger partial charge in [-0.15, -0.1) is 0 Å². The third kappa shape index (κ3) is 3.68. The van der Waals surface area contributed by atoms with Crippen LogP contribution in [-0.2, 0) is 4.79 Å². The Hall–Kier alpha value is -2.40. The number of aromatic nitrogens is 1. The van der Waals surface area contributed by atoms with Crippen LogP contribution in [0.25, 0.3) is 0 Å².